The Labute approximate surface area is 187 Å². The summed E-state index contributed by atoms with van der Waals surface area (Å²) >= 11 is 0. The molecule has 5 rings (SSSR count). The molecule has 0 spiro atoms. The molecule has 4 nitrogen and oxygen atoms in total. The van der Waals surface area contributed by atoms with Crippen LogP contribution in [-0.4, -0.2) is 28.9 Å². The van der Waals surface area contributed by atoms with Crippen LogP contribution in [0.25, 0.3) is 6.08 Å². The normalized spacial score (nSPS) is 16.4. The quantitative estimate of drug-likeness (QED) is 0.324. The van der Waals surface area contributed by atoms with E-state index < -0.39 is 5.54 Å². The first-order chi connectivity index (χ1) is 15.8. The lowest BCUT2D eigenvalue weighted by molar-refractivity contribution is -0.117. The van der Waals surface area contributed by atoms with E-state index in [1.807, 2.05) is 24.3 Å². The highest BCUT2D eigenvalue weighted by Gasteiger charge is 2.44. The smallest absolute Gasteiger partial charge is 0.161 e. The van der Waals surface area contributed by atoms with Gasteiger partial charge in [0.15, 0.2) is 5.78 Å². The number of ketones is 1. The van der Waals surface area contributed by atoms with Gasteiger partial charge in [0.1, 0.15) is 12.0 Å². The topological polar surface area (TPSA) is 46.3 Å². The summed E-state index contributed by atoms with van der Waals surface area (Å²) in [6.45, 7) is 1.18. The molecule has 0 atom stereocenters. The minimum absolute atomic E-state index is 0.160. The summed E-state index contributed by atoms with van der Waals surface area (Å²) < 4.78 is 4.97. The van der Waals surface area contributed by atoms with Gasteiger partial charge in [-0.25, -0.2) is 0 Å². The molecule has 32 heavy (non-hydrogen) atoms. The Balaban J connectivity index is 1.72. The summed E-state index contributed by atoms with van der Waals surface area (Å²) in [5, 5.41) is 3.98. The minimum Gasteiger partial charge on any atom is -0.364 e. The Morgan fingerprint density at radius 3 is 1.78 bits per heavy atom. The second kappa shape index (κ2) is 8.77. The highest BCUT2D eigenvalue weighted by atomic mass is 16.5. The monoisotopic (exact) mass is 420 g/mol. The summed E-state index contributed by atoms with van der Waals surface area (Å²) in [4.78, 5) is 15.3. The molecule has 158 valence electrons. The average Bonchev–Trinajstić information content (AvgIpc) is 3.37. The van der Waals surface area contributed by atoms with Crippen molar-refractivity contribution < 1.29 is 9.32 Å². The molecule has 0 aliphatic carbocycles. The fourth-order valence-electron chi connectivity index (χ4n) is 4.74. The SMILES string of the molecule is O=C1CCN(C(c2ccccc2)(c2ccccc2)c2ccccc2)C/C1=C/c1ccon1. The molecule has 0 saturated carbocycles. The fraction of sp³-hybridized carbons (Fsp3) is 0.143. The number of carbonyl (C=O) groups is 1. The molecule has 0 bridgehead atoms. The number of likely N-dealkylation sites (tertiary alicyclic amines) is 1. The zero-order valence-corrected chi connectivity index (χ0v) is 17.7. The third-order valence-electron chi connectivity index (χ3n) is 6.16. The summed E-state index contributed by atoms with van der Waals surface area (Å²) in [6.07, 6.45) is 3.83. The number of benzene rings is 3. The Morgan fingerprint density at radius 1 is 0.781 bits per heavy atom. The van der Waals surface area contributed by atoms with Crippen molar-refractivity contribution in [2.75, 3.05) is 13.1 Å². The van der Waals surface area contributed by atoms with Gasteiger partial charge in [0.25, 0.3) is 0 Å². The first-order valence-electron chi connectivity index (χ1n) is 10.8. The zero-order valence-electron chi connectivity index (χ0n) is 17.7. The van der Waals surface area contributed by atoms with E-state index in [2.05, 4.69) is 82.9 Å². The molecule has 1 saturated heterocycles. The van der Waals surface area contributed by atoms with Crippen LogP contribution in [-0.2, 0) is 10.3 Å². The Hall–Kier alpha value is -3.76. The second-order valence-corrected chi connectivity index (χ2v) is 8.00. The Bertz CT molecular complexity index is 1100. The maximum atomic E-state index is 12.8. The predicted octanol–water partition coefficient (Wildman–Crippen LogP) is 5.32. The highest BCUT2D eigenvalue weighted by molar-refractivity contribution is 6.00. The van der Waals surface area contributed by atoms with Gasteiger partial charge in [0, 0.05) is 31.1 Å². The van der Waals surface area contributed by atoms with E-state index in [9.17, 15) is 4.79 Å². The molecule has 3 aromatic carbocycles. The van der Waals surface area contributed by atoms with Crippen molar-refractivity contribution >= 4 is 11.9 Å². The van der Waals surface area contributed by atoms with E-state index in [4.69, 9.17) is 4.52 Å². The lowest BCUT2D eigenvalue weighted by Gasteiger charge is -2.47. The summed E-state index contributed by atoms with van der Waals surface area (Å²) in [5.41, 5.74) is 4.40. The predicted molar refractivity (Wildman–Crippen MR) is 125 cm³/mol. The number of nitrogens with zero attached hydrogens (tertiary/aromatic N) is 2. The van der Waals surface area contributed by atoms with E-state index >= 15 is 0 Å². The molecule has 1 aliphatic rings. The number of aromatic nitrogens is 1. The maximum Gasteiger partial charge on any atom is 0.161 e. The first kappa shape index (κ1) is 20.2. The number of hydrogen-bond donors (Lipinski definition) is 0. The van der Waals surface area contributed by atoms with Gasteiger partial charge in [-0.05, 0) is 22.8 Å². The van der Waals surface area contributed by atoms with Gasteiger partial charge in [-0.15, -0.1) is 0 Å². The largest absolute Gasteiger partial charge is 0.364 e. The molecule has 1 aromatic heterocycles. The van der Waals surface area contributed by atoms with Crippen LogP contribution in [0.1, 0.15) is 28.8 Å². The van der Waals surface area contributed by atoms with Crippen LogP contribution in [0.5, 0.6) is 0 Å². The molecule has 1 aliphatic heterocycles. The third kappa shape index (κ3) is 3.59. The molecule has 2 heterocycles. The second-order valence-electron chi connectivity index (χ2n) is 8.00. The van der Waals surface area contributed by atoms with Crippen LogP contribution in [0.15, 0.2) is 113 Å². The highest BCUT2D eigenvalue weighted by Crippen LogP contribution is 2.43. The number of carbonyl (C=O) groups excluding carboxylic acids is 1. The molecule has 4 aromatic rings. The maximum absolute atomic E-state index is 12.8. The average molecular weight is 421 g/mol. The fourth-order valence-corrected chi connectivity index (χ4v) is 4.74. The van der Waals surface area contributed by atoms with E-state index in [1.165, 1.54) is 23.0 Å². The van der Waals surface area contributed by atoms with E-state index in [-0.39, 0.29) is 5.78 Å². The van der Waals surface area contributed by atoms with Crippen LogP contribution < -0.4 is 0 Å². The number of Topliss-reactive ketones (excluding diaryl/α,β-unsaturated/α-hetero) is 1. The summed E-state index contributed by atoms with van der Waals surface area (Å²) in [5.74, 6) is 0.160. The van der Waals surface area contributed by atoms with Crippen LogP contribution in [0, 0.1) is 0 Å². The van der Waals surface area contributed by atoms with Gasteiger partial charge in [-0.1, -0.05) is 96.2 Å². The summed E-state index contributed by atoms with van der Waals surface area (Å²) in [6, 6.07) is 33.5. The zero-order chi connectivity index (χ0) is 21.8. The van der Waals surface area contributed by atoms with Crippen molar-refractivity contribution in [3.05, 3.63) is 131 Å². The van der Waals surface area contributed by atoms with Crippen LogP contribution in [0.2, 0.25) is 0 Å². The summed E-state index contributed by atoms with van der Waals surface area (Å²) in [7, 11) is 0. The van der Waals surface area contributed by atoms with Crippen molar-refractivity contribution in [2.24, 2.45) is 0 Å². The van der Waals surface area contributed by atoms with Crippen molar-refractivity contribution in [3.63, 3.8) is 0 Å². The molecule has 0 unspecified atom stereocenters. The van der Waals surface area contributed by atoms with Gasteiger partial charge >= 0.3 is 0 Å². The first-order valence-corrected chi connectivity index (χ1v) is 10.8. The van der Waals surface area contributed by atoms with Crippen molar-refractivity contribution in [3.8, 4) is 0 Å². The lowest BCUT2D eigenvalue weighted by atomic mass is 9.74. The lowest BCUT2D eigenvalue weighted by Crippen LogP contribution is -2.52. The number of piperidine rings is 1. The minimum atomic E-state index is -0.534. The molecule has 1 fully saturated rings. The molecular formula is C28H24N2O2. The number of hydrogen-bond acceptors (Lipinski definition) is 4. The van der Waals surface area contributed by atoms with Crippen LogP contribution >= 0.6 is 0 Å². The molecule has 4 heteroatoms. The molecule has 0 N–H and O–H groups in total. The van der Waals surface area contributed by atoms with E-state index in [1.54, 1.807) is 6.07 Å². The Morgan fingerprint density at radius 2 is 1.31 bits per heavy atom. The van der Waals surface area contributed by atoms with Gasteiger partial charge in [0.2, 0.25) is 0 Å². The van der Waals surface area contributed by atoms with Crippen LogP contribution in [0.3, 0.4) is 0 Å². The van der Waals surface area contributed by atoms with E-state index in [0.29, 0.717) is 25.2 Å². The van der Waals surface area contributed by atoms with Crippen molar-refractivity contribution in [2.45, 2.75) is 12.0 Å². The van der Waals surface area contributed by atoms with Gasteiger partial charge < -0.3 is 4.52 Å². The molecule has 0 radical (unpaired) electrons. The number of rotatable bonds is 5. The van der Waals surface area contributed by atoms with E-state index in [0.717, 1.165) is 5.57 Å². The standard InChI is InChI=1S/C28H24N2O2/c31-27-16-18-30(21-22(27)20-26-17-19-32-29-26)28(23-10-4-1-5-11-23,24-12-6-2-7-13-24)25-14-8-3-9-15-25/h1-15,17,19-20H,16,18,21H2/b22-20-. The van der Waals surface area contributed by atoms with Crippen molar-refractivity contribution in [1.82, 2.24) is 10.1 Å². The van der Waals surface area contributed by atoms with Gasteiger partial charge in [-0.3, -0.25) is 9.69 Å². The molecule has 0 amide bonds. The third-order valence-corrected chi connectivity index (χ3v) is 6.16. The van der Waals surface area contributed by atoms with Crippen molar-refractivity contribution in [1.29, 1.82) is 0 Å². The molecular weight excluding hydrogens is 396 g/mol. The van der Waals surface area contributed by atoms with Gasteiger partial charge in [0.05, 0.1) is 5.54 Å². The van der Waals surface area contributed by atoms with Gasteiger partial charge in [-0.2, -0.15) is 0 Å². The Kier molecular flexibility index (Phi) is 5.53. The van der Waals surface area contributed by atoms with Crippen LogP contribution in [0.4, 0.5) is 0 Å².